The van der Waals surface area contributed by atoms with E-state index in [2.05, 4.69) is 10.3 Å². The van der Waals surface area contributed by atoms with Crippen LogP contribution in [0.25, 0.3) is 0 Å². The molecule has 0 bridgehead atoms. The fourth-order valence-electron chi connectivity index (χ4n) is 2.15. The van der Waals surface area contributed by atoms with Gasteiger partial charge in [-0.1, -0.05) is 0 Å². The summed E-state index contributed by atoms with van der Waals surface area (Å²) in [4.78, 5) is 17.4. The topological polar surface area (TPSA) is 45.2 Å². The van der Waals surface area contributed by atoms with Crippen LogP contribution in [-0.4, -0.2) is 30.0 Å². The van der Waals surface area contributed by atoms with Crippen molar-refractivity contribution in [2.75, 3.05) is 18.0 Å². The molecule has 1 aromatic heterocycles. The molecule has 0 atom stereocenters. The van der Waals surface area contributed by atoms with Crippen molar-refractivity contribution in [1.29, 1.82) is 0 Å². The number of nitrogens with one attached hydrogen (secondary N) is 1. The zero-order chi connectivity index (χ0) is 14.3. The van der Waals surface area contributed by atoms with Gasteiger partial charge in [0.1, 0.15) is 5.82 Å². The van der Waals surface area contributed by atoms with Crippen molar-refractivity contribution >= 4 is 11.7 Å². The van der Waals surface area contributed by atoms with Crippen LogP contribution in [0.3, 0.4) is 0 Å². The molecule has 0 aromatic carbocycles. The largest absolute Gasteiger partial charge is 0.416 e. The lowest BCUT2D eigenvalue weighted by Gasteiger charge is -2.39. The number of anilines is 1. The molecule has 1 saturated carbocycles. The zero-order valence-electron chi connectivity index (χ0n) is 10.7. The summed E-state index contributed by atoms with van der Waals surface area (Å²) in [6.07, 6.45) is -1.17. The number of amides is 1. The fraction of sp³-hybridized carbons (Fsp3) is 0.538. The van der Waals surface area contributed by atoms with Crippen LogP contribution in [0.1, 0.15) is 18.4 Å². The smallest absolute Gasteiger partial charge is 0.355 e. The van der Waals surface area contributed by atoms with E-state index >= 15 is 0 Å². The lowest BCUT2D eigenvalue weighted by Crippen LogP contribution is -2.54. The first-order valence-electron chi connectivity index (χ1n) is 6.52. The first-order chi connectivity index (χ1) is 9.43. The molecular formula is C13H14F3N3O. The molecule has 2 fully saturated rings. The van der Waals surface area contributed by atoms with Gasteiger partial charge < -0.3 is 10.2 Å². The number of carbonyl (C=O) groups is 1. The molecule has 1 amide bonds. The van der Waals surface area contributed by atoms with Gasteiger partial charge in [-0.3, -0.25) is 4.79 Å². The SMILES string of the molecule is O=C(NC1CC1)C1CN(c2cc(C(F)(F)F)ccn2)C1. The average Bonchev–Trinajstić information content (AvgIpc) is 3.10. The molecule has 1 N–H and O–H groups in total. The molecule has 1 aliphatic heterocycles. The molecule has 1 saturated heterocycles. The number of aromatic nitrogens is 1. The van der Waals surface area contributed by atoms with E-state index in [0.29, 0.717) is 19.1 Å². The standard InChI is InChI=1S/C13H14F3N3O/c14-13(15,16)9-3-4-17-11(5-9)19-6-8(7-19)12(20)18-10-1-2-10/h3-5,8,10H,1-2,6-7H2,(H,18,20). The molecule has 0 spiro atoms. The molecule has 3 rings (SSSR count). The lowest BCUT2D eigenvalue weighted by molar-refractivity contribution is -0.137. The van der Waals surface area contributed by atoms with Gasteiger partial charge >= 0.3 is 6.18 Å². The minimum absolute atomic E-state index is 0.00396. The van der Waals surface area contributed by atoms with E-state index in [-0.39, 0.29) is 17.6 Å². The van der Waals surface area contributed by atoms with Gasteiger partial charge in [0, 0.05) is 25.3 Å². The quantitative estimate of drug-likeness (QED) is 0.921. The third kappa shape index (κ3) is 2.71. The van der Waals surface area contributed by atoms with Crippen LogP contribution in [0, 0.1) is 5.92 Å². The molecule has 2 aliphatic rings. The molecule has 0 radical (unpaired) electrons. The average molecular weight is 285 g/mol. The number of nitrogens with zero attached hydrogens (tertiary/aromatic N) is 2. The molecule has 0 unspecified atom stereocenters. The Morgan fingerprint density at radius 3 is 2.65 bits per heavy atom. The number of hydrogen-bond acceptors (Lipinski definition) is 3. The number of carbonyl (C=O) groups excluding carboxylic acids is 1. The highest BCUT2D eigenvalue weighted by molar-refractivity contribution is 5.82. The van der Waals surface area contributed by atoms with Gasteiger partial charge in [0.15, 0.2) is 0 Å². The Morgan fingerprint density at radius 1 is 1.35 bits per heavy atom. The molecule has 1 aromatic rings. The van der Waals surface area contributed by atoms with Crippen LogP contribution < -0.4 is 10.2 Å². The summed E-state index contributed by atoms with van der Waals surface area (Å²) in [5, 5.41) is 2.90. The number of hydrogen-bond donors (Lipinski definition) is 1. The number of pyridine rings is 1. The lowest BCUT2D eigenvalue weighted by atomic mass is 9.99. The third-order valence-electron chi connectivity index (χ3n) is 3.57. The Kier molecular flexibility index (Phi) is 3.07. The van der Waals surface area contributed by atoms with Crippen LogP contribution >= 0.6 is 0 Å². The summed E-state index contributed by atoms with van der Waals surface area (Å²) < 4.78 is 37.8. The van der Waals surface area contributed by atoms with Gasteiger partial charge in [-0.15, -0.1) is 0 Å². The van der Waals surface area contributed by atoms with Gasteiger partial charge in [0.25, 0.3) is 0 Å². The van der Waals surface area contributed by atoms with Crippen LogP contribution in [0.5, 0.6) is 0 Å². The Labute approximate surface area is 114 Å². The highest BCUT2D eigenvalue weighted by atomic mass is 19.4. The second-order valence-electron chi connectivity index (χ2n) is 5.29. The van der Waals surface area contributed by atoms with E-state index in [0.717, 1.165) is 31.2 Å². The Balaban J connectivity index is 1.60. The van der Waals surface area contributed by atoms with Crippen molar-refractivity contribution in [3.8, 4) is 0 Å². The Morgan fingerprint density at radius 2 is 2.05 bits per heavy atom. The van der Waals surface area contributed by atoms with Crippen molar-refractivity contribution in [2.45, 2.75) is 25.1 Å². The second kappa shape index (κ2) is 4.64. The highest BCUT2D eigenvalue weighted by Gasteiger charge is 2.37. The predicted octanol–water partition coefficient (Wildman–Crippen LogP) is 1.82. The third-order valence-corrected chi connectivity index (χ3v) is 3.57. The van der Waals surface area contributed by atoms with Gasteiger partial charge in [0.2, 0.25) is 5.91 Å². The highest BCUT2D eigenvalue weighted by Crippen LogP contribution is 2.32. The monoisotopic (exact) mass is 285 g/mol. The summed E-state index contributed by atoms with van der Waals surface area (Å²) in [6, 6.07) is 2.28. The van der Waals surface area contributed by atoms with E-state index in [4.69, 9.17) is 0 Å². The van der Waals surface area contributed by atoms with Gasteiger partial charge in [0.05, 0.1) is 11.5 Å². The molecular weight excluding hydrogens is 271 g/mol. The van der Waals surface area contributed by atoms with E-state index < -0.39 is 11.7 Å². The second-order valence-corrected chi connectivity index (χ2v) is 5.29. The zero-order valence-corrected chi connectivity index (χ0v) is 10.7. The molecule has 2 heterocycles. The molecule has 4 nitrogen and oxygen atoms in total. The van der Waals surface area contributed by atoms with Gasteiger partial charge in [-0.05, 0) is 25.0 Å². The minimum atomic E-state index is -4.37. The maximum Gasteiger partial charge on any atom is 0.416 e. The maximum atomic E-state index is 12.6. The predicted molar refractivity (Wildman–Crippen MR) is 66.1 cm³/mol. The van der Waals surface area contributed by atoms with Gasteiger partial charge in [-0.25, -0.2) is 4.98 Å². The van der Waals surface area contributed by atoms with Crippen molar-refractivity contribution in [2.24, 2.45) is 5.92 Å². The van der Waals surface area contributed by atoms with Crippen molar-refractivity contribution < 1.29 is 18.0 Å². The Hall–Kier alpha value is -1.79. The number of rotatable bonds is 3. The van der Waals surface area contributed by atoms with E-state index in [9.17, 15) is 18.0 Å². The number of halogens is 3. The summed E-state index contributed by atoms with van der Waals surface area (Å²) in [6.45, 7) is 0.847. The summed E-state index contributed by atoms with van der Waals surface area (Å²) in [7, 11) is 0. The van der Waals surface area contributed by atoms with Gasteiger partial charge in [-0.2, -0.15) is 13.2 Å². The molecule has 108 valence electrons. The van der Waals surface area contributed by atoms with Crippen LogP contribution in [-0.2, 0) is 11.0 Å². The summed E-state index contributed by atoms with van der Waals surface area (Å²) in [5.74, 6) is 0.123. The number of alkyl halides is 3. The van der Waals surface area contributed by atoms with Crippen LogP contribution in [0.2, 0.25) is 0 Å². The fourth-order valence-corrected chi connectivity index (χ4v) is 2.15. The van der Waals surface area contributed by atoms with E-state index in [1.165, 1.54) is 0 Å². The van der Waals surface area contributed by atoms with Crippen molar-refractivity contribution in [3.05, 3.63) is 23.9 Å². The normalized spacial score (nSPS) is 19.6. The Bertz CT molecular complexity index is 522. The van der Waals surface area contributed by atoms with Crippen molar-refractivity contribution in [1.82, 2.24) is 10.3 Å². The first kappa shape index (κ1) is 13.2. The summed E-state index contributed by atoms with van der Waals surface area (Å²) in [5.41, 5.74) is -0.714. The molecule has 1 aliphatic carbocycles. The van der Waals surface area contributed by atoms with E-state index in [1.807, 2.05) is 0 Å². The first-order valence-corrected chi connectivity index (χ1v) is 6.52. The van der Waals surface area contributed by atoms with E-state index in [1.54, 1.807) is 4.90 Å². The summed E-state index contributed by atoms with van der Waals surface area (Å²) >= 11 is 0. The van der Waals surface area contributed by atoms with Crippen molar-refractivity contribution in [3.63, 3.8) is 0 Å². The van der Waals surface area contributed by atoms with Crippen LogP contribution in [0.15, 0.2) is 18.3 Å². The molecule has 20 heavy (non-hydrogen) atoms. The maximum absolute atomic E-state index is 12.6. The minimum Gasteiger partial charge on any atom is -0.355 e. The van der Waals surface area contributed by atoms with Crippen LogP contribution in [0.4, 0.5) is 19.0 Å². The molecule has 7 heteroatoms.